The monoisotopic (exact) mass is 711 g/mol. The largest absolute Gasteiger partial charge is 0.472 e. The van der Waals surface area contributed by atoms with Crippen LogP contribution in [0.4, 0.5) is 0 Å². The van der Waals surface area contributed by atoms with Crippen LogP contribution >= 0.6 is 7.82 Å². The summed E-state index contributed by atoms with van der Waals surface area (Å²) >= 11 is 0. The Kier molecular flexibility index (Phi) is 34.3. The number of phosphoric ester groups is 1. The summed E-state index contributed by atoms with van der Waals surface area (Å²) in [5, 5.41) is 0. The first-order valence-corrected chi connectivity index (χ1v) is 20.6. The van der Waals surface area contributed by atoms with Crippen LogP contribution in [0.1, 0.15) is 155 Å². The van der Waals surface area contributed by atoms with Gasteiger partial charge in [0.25, 0.3) is 0 Å². The number of rotatable bonds is 35. The minimum absolute atomic E-state index is 0.0441. The Morgan fingerprint density at radius 3 is 1.63 bits per heavy atom. The van der Waals surface area contributed by atoms with Crippen LogP contribution in [0.25, 0.3) is 0 Å². The van der Waals surface area contributed by atoms with Gasteiger partial charge in [-0.2, -0.15) is 0 Å². The van der Waals surface area contributed by atoms with Crippen molar-refractivity contribution in [3.05, 3.63) is 48.6 Å². The Labute approximate surface area is 298 Å². The third kappa shape index (κ3) is 35.6. The zero-order valence-electron chi connectivity index (χ0n) is 30.9. The molecule has 2 atom stereocenters. The molecule has 49 heavy (non-hydrogen) atoms. The Balaban J connectivity index is 4.34. The lowest BCUT2D eigenvalue weighted by Crippen LogP contribution is -2.29. The average Bonchev–Trinajstić information content (AvgIpc) is 3.08. The van der Waals surface area contributed by atoms with Crippen LogP contribution in [0.15, 0.2) is 48.6 Å². The first kappa shape index (κ1) is 47.0. The first-order valence-electron chi connectivity index (χ1n) is 19.1. The van der Waals surface area contributed by atoms with Gasteiger partial charge < -0.3 is 20.1 Å². The maximum absolute atomic E-state index is 12.5. The van der Waals surface area contributed by atoms with Crippen molar-refractivity contribution in [2.45, 2.75) is 161 Å². The van der Waals surface area contributed by atoms with Gasteiger partial charge in [0, 0.05) is 19.4 Å². The van der Waals surface area contributed by atoms with Crippen LogP contribution < -0.4 is 5.73 Å². The van der Waals surface area contributed by atoms with Crippen LogP contribution in [0.2, 0.25) is 0 Å². The van der Waals surface area contributed by atoms with Crippen molar-refractivity contribution in [2.75, 3.05) is 26.4 Å². The van der Waals surface area contributed by atoms with Gasteiger partial charge in [0.05, 0.1) is 13.2 Å². The zero-order valence-corrected chi connectivity index (χ0v) is 31.8. The normalized spacial score (nSPS) is 14.0. The van der Waals surface area contributed by atoms with Gasteiger partial charge in [-0.1, -0.05) is 140 Å². The third-order valence-electron chi connectivity index (χ3n) is 7.72. The van der Waals surface area contributed by atoms with Crippen LogP contribution in [0.3, 0.4) is 0 Å². The lowest BCUT2D eigenvalue weighted by atomic mass is 10.1. The number of esters is 2. The molecule has 9 nitrogen and oxygen atoms in total. The van der Waals surface area contributed by atoms with Crippen molar-refractivity contribution in [3.63, 3.8) is 0 Å². The second-order valence-corrected chi connectivity index (χ2v) is 13.9. The smallest absolute Gasteiger partial charge is 0.462 e. The lowest BCUT2D eigenvalue weighted by Gasteiger charge is -2.19. The van der Waals surface area contributed by atoms with E-state index in [2.05, 4.69) is 56.4 Å². The molecule has 0 bridgehead atoms. The van der Waals surface area contributed by atoms with Gasteiger partial charge in [0.15, 0.2) is 6.10 Å². The molecule has 3 N–H and O–H groups in total. The van der Waals surface area contributed by atoms with E-state index in [1.54, 1.807) is 0 Å². The number of hydrogen-bond acceptors (Lipinski definition) is 8. The molecule has 0 amide bonds. The van der Waals surface area contributed by atoms with Crippen LogP contribution in [-0.4, -0.2) is 49.3 Å². The maximum atomic E-state index is 12.5. The summed E-state index contributed by atoms with van der Waals surface area (Å²) in [5.41, 5.74) is 5.32. The SMILES string of the molecule is CCCCC/C=C/C/C=C/C/C=C\C/C=C/CCCC(=O)O[C@H](COC(=O)CCCCCCCCCCCCC)COP(=O)(O)OCCN. The number of ether oxygens (including phenoxy) is 2. The first-order chi connectivity index (χ1) is 23.8. The van der Waals surface area contributed by atoms with E-state index in [0.717, 1.165) is 38.5 Å². The number of unbranched alkanes of at least 4 members (excludes halogenated alkanes) is 14. The molecule has 0 radical (unpaired) electrons. The summed E-state index contributed by atoms with van der Waals surface area (Å²) in [6, 6.07) is 0. The Morgan fingerprint density at radius 2 is 1.08 bits per heavy atom. The van der Waals surface area contributed by atoms with Gasteiger partial charge in [-0.3, -0.25) is 18.6 Å². The van der Waals surface area contributed by atoms with Crippen molar-refractivity contribution in [1.82, 2.24) is 0 Å². The molecular weight excluding hydrogens is 641 g/mol. The highest BCUT2D eigenvalue weighted by Crippen LogP contribution is 2.43. The van der Waals surface area contributed by atoms with Crippen molar-refractivity contribution in [1.29, 1.82) is 0 Å². The van der Waals surface area contributed by atoms with E-state index in [9.17, 15) is 19.0 Å². The van der Waals surface area contributed by atoms with E-state index in [-0.39, 0.29) is 32.6 Å². The second-order valence-electron chi connectivity index (χ2n) is 12.4. The molecule has 284 valence electrons. The number of allylic oxidation sites excluding steroid dienone is 8. The summed E-state index contributed by atoms with van der Waals surface area (Å²) in [7, 11) is -4.38. The Bertz CT molecular complexity index is 949. The summed E-state index contributed by atoms with van der Waals surface area (Å²) in [5.74, 6) is -0.898. The molecule has 0 aliphatic carbocycles. The lowest BCUT2D eigenvalue weighted by molar-refractivity contribution is -0.161. The van der Waals surface area contributed by atoms with E-state index in [1.165, 1.54) is 77.0 Å². The molecule has 0 aromatic carbocycles. The molecule has 0 heterocycles. The molecule has 0 rings (SSSR count). The van der Waals surface area contributed by atoms with E-state index in [4.69, 9.17) is 24.3 Å². The topological polar surface area (TPSA) is 134 Å². The summed E-state index contributed by atoms with van der Waals surface area (Å²) in [6.45, 7) is 3.61. The zero-order chi connectivity index (χ0) is 36.1. The van der Waals surface area contributed by atoms with Gasteiger partial charge in [0.2, 0.25) is 0 Å². The number of hydrogen-bond donors (Lipinski definition) is 2. The molecule has 0 spiro atoms. The highest BCUT2D eigenvalue weighted by molar-refractivity contribution is 7.47. The third-order valence-corrected chi connectivity index (χ3v) is 8.70. The fraction of sp³-hybridized carbons (Fsp3) is 0.744. The van der Waals surface area contributed by atoms with E-state index >= 15 is 0 Å². The molecular formula is C39H70NO8P. The predicted octanol–water partition coefficient (Wildman–Crippen LogP) is 10.4. The van der Waals surface area contributed by atoms with Crippen LogP contribution in [0.5, 0.6) is 0 Å². The minimum Gasteiger partial charge on any atom is -0.462 e. The summed E-state index contributed by atoms with van der Waals surface area (Å²) < 4.78 is 32.6. The quantitative estimate of drug-likeness (QED) is 0.0285. The van der Waals surface area contributed by atoms with Gasteiger partial charge in [-0.15, -0.1) is 0 Å². The Morgan fingerprint density at radius 1 is 0.612 bits per heavy atom. The van der Waals surface area contributed by atoms with Crippen molar-refractivity contribution >= 4 is 19.8 Å². The summed E-state index contributed by atoms with van der Waals surface area (Å²) in [4.78, 5) is 34.6. The van der Waals surface area contributed by atoms with E-state index in [0.29, 0.717) is 12.8 Å². The molecule has 0 aromatic heterocycles. The molecule has 1 unspecified atom stereocenters. The molecule has 0 aliphatic heterocycles. The number of nitrogens with two attached hydrogens (primary N) is 1. The van der Waals surface area contributed by atoms with E-state index < -0.39 is 32.5 Å². The van der Waals surface area contributed by atoms with Crippen LogP contribution in [0, 0.1) is 0 Å². The molecule has 0 saturated carbocycles. The fourth-order valence-electron chi connectivity index (χ4n) is 4.86. The summed E-state index contributed by atoms with van der Waals surface area (Å²) in [6.07, 6.45) is 38.6. The second kappa shape index (κ2) is 35.8. The predicted molar refractivity (Wildman–Crippen MR) is 201 cm³/mol. The van der Waals surface area contributed by atoms with Gasteiger partial charge in [-0.05, 0) is 51.4 Å². The molecule has 0 aromatic rings. The van der Waals surface area contributed by atoms with E-state index in [1.807, 2.05) is 6.08 Å². The van der Waals surface area contributed by atoms with Gasteiger partial charge in [-0.25, -0.2) is 4.57 Å². The minimum atomic E-state index is -4.38. The van der Waals surface area contributed by atoms with Gasteiger partial charge >= 0.3 is 19.8 Å². The van der Waals surface area contributed by atoms with Crippen LogP contribution in [-0.2, 0) is 32.7 Å². The number of carbonyl (C=O) groups is 2. The molecule has 0 fully saturated rings. The van der Waals surface area contributed by atoms with Crippen molar-refractivity contribution in [2.24, 2.45) is 5.73 Å². The van der Waals surface area contributed by atoms with Crippen molar-refractivity contribution in [3.8, 4) is 0 Å². The Hall–Kier alpha value is -2.03. The fourth-order valence-corrected chi connectivity index (χ4v) is 5.63. The number of phosphoric acid groups is 1. The van der Waals surface area contributed by atoms with Crippen molar-refractivity contribution < 1.29 is 37.6 Å². The standard InChI is InChI=1S/C39H70NO8P/c1-3-5-7-9-11-13-15-16-17-18-19-20-22-24-26-28-30-32-39(42)48-37(36-47-49(43,44)46-34-33-40)35-45-38(41)31-29-27-25-23-21-14-12-10-8-6-4-2/h11,13,16-17,19-20,24,26,37H,3-10,12,14-15,18,21-23,25,27-36,40H2,1-2H3,(H,43,44)/b13-11+,17-16+,20-19-,26-24+/t37-/m1/s1. The molecule has 0 saturated heterocycles. The average molecular weight is 712 g/mol. The number of carbonyl (C=O) groups excluding carboxylic acids is 2. The molecule has 10 heteroatoms. The maximum Gasteiger partial charge on any atom is 0.472 e. The molecule has 0 aliphatic rings. The highest BCUT2D eigenvalue weighted by atomic mass is 31.2. The highest BCUT2D eigenvalue weighted by Gasteiger charge is 2.25. The van der Waals surface area contributed by atoms with Gasteiger partial charge in [0.1, 0.15) is 6.61 Å².